The molecule has 1 aromatic rings. The van der Waals surface area contributed by atoms with Crippen LogP contribution >= 0.6 is 0 Å². The van der Waals surface area contributed by atoms with Crippen molar-refractivity contribution in [2.75, 3.05) is 121 Å². The van der Waals surface area contributed by atoms with Gasteiger partial charge in [-0.05, 0) is 94.7 Å². The zero-order valence-electron chi connectivity index (χ0n) is 73.6. The highest BCUT2D eigenvalue weighted by molar-refractivity contribution is 5.93. The summed E-state index contributed by atoms with van der Waals surface area (Å²) in [5.74, 6) is -3.61. The van der Waals surface area contributed by atoms with Crippen molar-refractivity contribution < 1.29 is 131 Å². The second-order valence-corrected chi connectivity index (χ2v) is 32.7. The number of carbonyl (C=O) groups is 14. The number of aliphatic hydroxyl groups is 5. The van der Waals surface area contributed by atoms with E-state index in [4.69, 9.17) is 38.3 Å². The molecule has 0 unspecified atom stereocenters. The van der Waals surface area contributed by atoms with Crippen molar-refractivity contribution in [1.82, 2.24) is 57.2 Å². The van der Waals surface area contributed by atoms with E-state index in [1.54, 1.807) is 54.1 Å². The molecule has 3 aliphatic rings. The van der Waals surface area contributed by atoms with Gasteiger partial charge in [0.25, 0.3) is 0 Å². The summed E-state index contributed by atoms with van der Waals surface area (Å²) in [5.41, 5.74) is 0.733. The highest BCUT2D eigenvalue weighted by Crippen LogP contribution is 2.52. The van der Waals surface area contributed by atoms with Crippen molar-refractivity contribution in [2.45, 2.75) is 237 Å². The Bertz CT molecular complexity index is 3600. The molecular formula is C85H137N11O27. The number of aliphatic carboxylic acids is 1. The number of fused-ring (bicyclic) bond motifs is 1. The Kier molecular flexibility index (Phi) is 48.4. The largest absolute Gasteiger partial charge is 0.480 e. The van der Waals surface area contributed by atoms with E-state index in [0.29, 0.717) is 50.2 Å². The number of ketones is 2. The number of aliphatic hydroxyl groups excluding tert-OH is 5. The van der Waals surface area contributed by atoms with Gasteiger partial charge < -0.3 is 116 Å². The van der Waals surface area contributed by atoms with Gasteiger partial charge in [-0.25, -0.2) is 19.2 Å². The lowest BCUT2D eigenvalue weighted by atomic mass is 9.89. The number of Topliss-reactive ketones (excluding diaryl/α,β-unsaturated/α-hetero) is 2. The molecule has 4 rings (SSSR count). The Hall–Kier alpha value is -9.04. The average molecular weight is 1750 g/mol. The van der Waals surface area contributed by atoms with E-state index in [9.17, 15) is 92.7 Å². The first kappa shape index (κ1) is 106. The predicted octanol–water partition coefficient (Wildman–Crippen LogP) is 0.0571. The number of esters is 1. The summed E-state index contributed by atoms with van der Waals surface area (Å²) in [6.07, 6.45) is -9.52. The number of hydrogen-bond acceptors (Lipinski definition) is 27. The second kappa shape index (κ2) is 56.0. The number of rotatable bonds is 60. The summed E-state index contributed by atoms with van der Waals surface area (Å²) in [4.78, 5) is 192. The lowest BCUT2D eigenvalue weighted by Gasteiger charge is -2.41. The molecule has 0 spiro atoms. The molecule has 14 N–H and O–H groups in total. The minimum absolute atomic E-state index is 0.0145. The Morgan fingerprint density at radius 3 is 1.92 bits per heavy atom. The molecule has 123 heavy (non-hydrogen) atoms. The number of likely N-dealkylation sites (N-methyl/N-ethyl adjacent to an activating group) is 2. The zero-order chi connectivity index (χ0) is 91.6. The highest BCUT2D eigenvalue weighted by atomic mass is 16.6. The van der Waals surface area contributed by atoms with Crippen LogP contribution in [-0.2, 0) is 97.1 Å². The fourth-order valence-corrected chi connectivity index (χ4v) is 15.2. The lowest BCUT2D eigenvalue weighted by molar-refractivity contribution is -0.148. The zero-order valence-corrected chi connectivity index (χ0v) is 73.6. The maximum atomic E-state index is 14.6. The van der Waals surface area contributed by atoms with Gasteiger partial charge in [0.15, 0.2) is 5.78 Å². The van der Waals surface area contributed by atoms with Gasteiger partial charge in [-0.3, -0.25) is 52.8 Å². The lowest BCUT2D eigenvalue weighted by Crippen LogP contribution is -2.59. The van der Waals surface area contributed by atoms with Crippen molar-refractivity contribution in [3.8, 4) is 11.8 Å². The number of methoxy groups -OCH3 is 2. The van der Waals surface area contributed by atoms with Gasteiger partial charge in [-0.1, -0.05) is 85.2 Å². The summed E-state index contributed by atoms with van der Waals surface area (Å²) < 4.78 is 39.0. The topological polar surface area (TPSA) is 531 Å². The number of carbonyl (C=O) groups excluding carboxylic acids is 13. The first-order chi connectivity index (χ1) is 58.4. The summed E-state index contributed by atoms with van der Waals surface area (Å²) in [7, 11) is 8.26. The number of alkyl carbamates (subject to hydrolysis) is 2. The molecule has 1 saturated heterocycles. The Morgan fingerprint density at radius 2 is 1.28 bits per heavy atom. The average Bonchev–Trinajstić information content (AvgIpc) is 1.61. The number of nitrogens with zero attached hydrogens (tertiary/aromatic N) is 3. The van der Waals surface area contributed by atoms with Gasteiger partial charge in [0.2, 0.25) is 47.3 Å². The number of amides is 10. The molecule has 0 bridgehead atoms. The maximum Gasteiger partial charge on any atom is 0.407 e. The van der Waals surface area contributed by atoms with Crippen LogP contribution in [0.3, 0.4) is 0 Å². The van der Waals surface area contributed by atoms with Gasteiger partial charge in [-0.2, -0.15) is 0 Å². The van der Waals surface area contributed by atoms with E-state index in [-0.39, 0.29) is 107 Å². The third-order valence-electron chi connectivity index (χ3n) is 22.5. The first-order valence-corrected chi connectivity index (χ1v) is 42.7. The molecule has 0 radical (unpaired) electrons. The number of carboxylic acids is 1. The van der Waals surface area contributed by atoms with Crippen molar-refractivity contribution in [1.29, 1.82) is 0 Å². The molecule has 1 heterocycles. The van der Waals surface area contributed by atoms with Crippen LogP contribution in [0.1, 0.15) is 157 Å². The SMILES string of the molecule is CC[C@H](C)[C@@H]([C@@H](CC(=O)N1CCC[C@H]1[C@H](OC)[C@@H](C)C(=O)N[C@@H](Cc1ccccc1)C(=O)NCCCOC(=O)[C@H](C)NC(=O)CCNC(=O)OC[C@H](CC(=O)CNC(=O)CCOCCOCCNC(=O)OC[C@H]1[C@H]2CC#CCC[C@H]21)C(=O)N[C@@H](CCC(=O)CC[C@H](O)[C@@H](O)[C@H](O)[C@H](O)CO)C(=O)O)OC)N(C)C(=O)[C@@H](NC(=O)[C@H](C(C)C)N(C)C)C(C)C. The molecule has 38 nitrogen and oxygen atoms in total. The molecule has 10 amide bonds. The normalized spacial score (nSPS) is 19.0. The van der Waals surface area contributed by atoms with Gasteiger partial charge in [0.05, 0.1) is 107 Å². The van der Waals surface area contributed by atoms with Crippen molar-refractivity contribution in [2.24, 2.45) is 47.3 Å². The summed E-state index contributed by atoms with van der Waals surface area (Å²) in [6, 6.07) is 2.44. The molecule has 1 aromatic carbocycles. The van der Waals surface area contributed by atoms with Crippen LogP contribution in [-0.4, -0.2) is 328 Å². The molecule has 2 aliphatic carbocycles. The molecule has 2 fully saturated rings. The number of hydrogen-bond donors (Lipinski definition) is 14. The minimum atomic E-state index is -1.96. The van der Waals surface area contributed by atoms with E-state index in [2.05, 4.69) is 54.4 Å². The van der Waals surface area contributed by atoms with E-state index < -0.39 is 221 Å². The predicted molar refractivity (Wildman–Crippen MR) is 445 cm³/mol. The fraction of sp³-hybridized carbons (Fsp3) is 0.741. The number of likely N-dealkylation sites (tertiary alicyclic amines) is 1. The molecular weight excluding hydrogens is 1610 g/mol. The van der Waals surface area contributed by atoms with Crippen molar-refractivity contribution >= 4 is 82.9 Å². The van der Waals surface area contributed by atoms with E-state index in [1.807, 2.05) is 60.5 Å². The second-order valence-electron chi connectivity index (χ2n) is 32.7. The van der Waals surface area contributed by atoms with E-state index in [0.717, 1.165) is 24.8 Å². The quantitative estimate of drug-likeness (QED) is 0.0177. The highest BCUT2D eigenvalue weighted by Gasteiger charge is 2.50. The fourth-order valence-electron chi connectivity index (χ4n) is 15.2. The van der Waals surface area contributed by atoms with Crippen LogP contribution in [0.4, 0.5) is 9.59 Å². The number of carboxylic acid groups (broad SMARTS) is 1. The molecule has 1 saturated carbocycles. The van der Waals surface area contributed by atoms with Crippen LogP contribution in [0.5, 0.6) is 0 Å². The van der Waals surface area contributed by atoms with Gasteiger partial charge in [0, 0.05) is 105 Å². The van der Waals surface area contributed by atoms with Crippen LogP contribution < -0.4 is 42.5 Å². The number of benzene rings is 1. The molecule has 0 aromatic heterocycles. The third-order valence-corrected chi connectivity index (χ3v) is 22.5. The van der Waals surface area contributed by atoms with Gasteiger partial charge >= 0.3 is 24.1 Å². The van der Waals surface area contributed by atoms with E-state index >= 15 is 0 Å². The van der Waals surface area contributed by atoms with Crippen LogP contribution in [0.25, 0.3) is 0 Å². The van der Waals surface area contributed by atoms with Crippen molar-refractivity contribution in [3.63, 3.8) is 0 Å². The van der Waals surface area contributed by atoms with Crippen LogP contribution in [0, 0.1) is 59.2 Å². The standard InChI is InChI=1S/C85H137N11O27/c1-14-52(6)73(95(11)81(111)71(50(2)3)93-80(110)72(51(4)5)94(9)10)67(117-12)45-70(104)96-37-21-27-64(96)76(118-13)53(7)77(107)92-63(43-55-23-17-15-18-24-55)79(109)86-34-22-38-121-83(114)54(8)90-69(103)32-35-87-84(115)122-48-56(78(108)91-62(82(112)113)30-28-57(98)29-31-65(100)74(105)75(106)66(101)47-97)44-58(99)46-89-68(102)33-39-119-41-42-120-40-36-88-85(116)123-49-61-59-25-19-16-20-26-60(59)61/h15,17-18,23-24,50-54,56,59-67,71-76,97,100-101,105-106H,14,19,21-22,25-49H2,1-13H3,(H,86,109)(H,87,115)(H,88,116)(H,89,102)(H,90,103)(H,91,108)(H,92,107)(H,93,110)(H,112,113)/t52-,53+,54-,56-,59+,60-,61+,62-,63-,64-,65-,66+,67+,71-,72-,73-,74+,75+,76+/m0/s1. The summed E-state index contributed by atoms with van der Waals surface area (Å²) in [5, 5.41) is 79.7. The van der Waals surface area contributed by atoms with Gasteiger partial charge in [0.1, 0.15) is 54.9 Å². The number of ether oxygens (including phenoxy) is 7. The first-order valence-electron chi connectivity index (χ1n) is 42.7. The van der Waals surface area contributed by atoms with Crippen molar-refractivity contribution in [3.05, 3.63) is 35.9 Å². The Labute approximate surface area is 721 Å². The maximum absolute atomic E-state index is 14.6. The van der Waals surface area contributed by atoms with Gasteiger partial charge in [-0.15, -0.1) is 11.8 Å². The minimum Gasteiger partial charge on any atom is -0.480 e. The van der Waals surface area contributed by atoms with Crippen LogP contribution in [0.15, 0.2) is 30.3 Å². The van der Waals surface area contributed by atoms with Crippen LogP contribution in [0.2, 0.25) is 0 Å². The molecule has 38 heteroatoms. The molecule has 1 aliphatic heterocycles. The summed E-state index contributed by atoms with van der Waals surface area (Å²) >= 11 is 0. The Balaban J connectivity index is 1.27. The monoisotopic (exact) mass is 1740 g/mol. The smallest absolute Gasteiger partial charge is 0.407 e. The molecule has 19 atom stereocenters. The molecule has 694 valence electrons. The Morgan fingerprint density at radius 1 is 0.618 bits per heavy atom. The van der Waals surface area contributed by atoms with E-state index in [1.165, 1.54) is 21.1 Å². The summed E-state index contributed by atoms with van der Waals surface area (Å²) in [6.45, 7) is 12.7. The third kappa shape index (κ3) is 37.0. The number of nitrogens with one attached hydrogen (secondary N) is 8.